The number of pyridine rings is 1. The minimum absolute atomic E-state index is 0.0612. The number of fused-ring (bicyclic) bond motifs is 1. The van der Waals surface area contributed by atoms with Gasteiger partial charge in [-0.25, -0.2) is 14.6 Å². The van der Waals surface area contributed by atoms with E-state index in [2.05, 4.69) is 15.2 Å². The van der Waals surface area contributed by atoms with Gasteiger partial charge in [0.05, 0.1) is 22.7 Å². The number of carbonyl (C=O) groups is 1. The van der Waals surface area contributed by atoms with Crippen molar-refractivity contribution in [3.8, 4) is 0 Å². The van der Waals surface area contributed by atoms with Crippen molar-refractivity contribution in [1.82, 2.24) is 34.4 Å². The molecule has 2 aliphatic rings. The van der Waals surface area contributed by atoms with E-state index in [1.807, 2.05) is 43.5 Å². The van der Waals surface area contributed by atoms with Gasteiger partial charge in [-0.15, -0.1) is 0 Å². The van der Waals surface area contributed by atoms with E-state index in [0.29, 0.717) is 19.0 Å². The molecule has 0 radical (unpaired) electrons. The van der Waals surface area contributed by atoms with Crippen molar-refractivity contribution in [3.63, 3.8) is 0 Å². The molecule has 0 atom stereocenters. The summed E-state index contributed by atoms with van der Waals surface area (Å²) in [4.78, 5) is 24.3. The highest BCUT2D eigenvalue weighted by atomic mass is 16.2. The molecule has 1 aliphatic carbocycles. The Balaban J connectivity index is 1.47. The average Bonchev–Trinajstić information content (AvgIpc) is 3.32. The van der Waals surface area contributed by atoms with Crippen LogP contribution in [0.15, 0.2) is 6.07 Å². The van der Waals surface area contributed by atoms with Gasteiger partial charge in [0.15, 0.2) is 5.65 Å². The summed E-state index contributed by atoms with van der Waals surface area (Å²) in [5.74, 6) is 2.22. The van der Waals surface area contributed by atoms with Crippen molar-refractivity contribution in [1.29, 1.82) is 0 Å². The predicted octanol–water partition coefficient (Wildman–Crippen LogP) is 2.06. The standard InChI is InChI=1S/C19H23N7O/c1-10-17-15(7-16(13-5-6-13)21-18(17)24(4)22-10)19(27)25-8-14(9-25)26-12(3)20-11(2)23-26/h7,13-14H,5-6,8-9H2,1-4H3. The van der Waals surface area contributed by atoms with Gasteiger partial charge in [-0.1, -0.05) is 0 Å². The van der Waals surface area contributed by atoms with Crippen LogP contribution < -0.4 is 0 Å². The number of carbonyl (C=O) groups excluding carboxylic acids is 1. The van der Waals surface area contributed by atoms with Gasteiger partial charge in [-0.05, 0) is 39.7 Å². The summed E-state index contributed by atoms with van der Waals surface area (Å²) in [6.45, 7) is 7.11. The summed E-state index contributed by atoms with van der Waals surface area (Å²) in [5, 5.41) is 9.83. The second-order valence-corrected chi connectivity index (χ2v) is 7.79. The maximum Gasteiger partial charge on any atom is 0.254 e. The van der Waals surface area contributed by atoms with Crippen LogP contribution in [-0.4, -0.2) is 53.4 Å². The minimum atomic E-state index is 0.0612. The Bertz CT molecular complexity index is 1070. The monoisotopic (exact) mass is 365 g/mol. The number of amides is 1. The van der Waals surface area contributed by atoms with Crippen LogP contribution in [0.5, 0.6) is 0 Å². The molecule has 1 aliphatic heterocycles. The van der Waals surface area contributed by atoms with Crippen LogP contribution in [0.3, 0.4) is 0 Å². The molecule has 140 valence electrons. The van der Waals surface area contributed by atoms with Gasteiger partial charge in [-0.3, -0.25) is 9.48 Å². The third kappa shape index (κ3) is 2.54. The largest absolute Gasteiger partial charge is 0.334 e. The third-order valence-corrected chi connectivity index (χ3v) is 5.62. The van der Waals surface area contributed by atoms with Crippen molar-refractivity contribution in [2.75, 3.05) is 13.1 Å². The number of aryl methyl sites for hydroxylation is 4. The first-order chi connectivity index (χ1) is 12.9. The van der Waals surface area contributed by atoms with Crippen molar-refractivity contribution in [3.05, 3.63) is 34.7 Å². The van der Waals surface area contributed by atoms with Gasteiger partial charge in [-0.2, -0.15) is 10.2 Å². The molecule has 8 heteroatoms. The van der Waals surface area contributed by atoms with Gasteiger partial charge in [0.25, 0.3) is 5.91 Å². The summed E-state index contributed by atoms with van der Waals surface area (Å²) < 4.78 is 3.72. The molecule has 0 bridgehead atoms. The lowest BCUT2D eigenvalue weighted by Gasteiger charge is -2.39. The molecule has 0 N–H and O–H groups in total. The topological polar surface area (TPSA) is 81.7 Å². The second kappa shape index (κ2) is 5.61. The molecule has 8 nitrogen and oxygen atoms in total. The summed E-state index contributed by atoms with van der Waals surface area (Å²) in [5.41, 5.74) is 3.41. The van der Waals surface area contributed by atoms with E-state index in [9.17, 15) is 4.79 Å². The molecule has 0 unspecified atom stereocenters. The predicted molar refractivity (Wildman–Crippen MR) is 99.7 cm³/mol. The zero-order valence-corrected chi connectivity index (χ0v) is 16.1. The van der Waals surface area contributed by atoms with Crippen LogP contribution in [0, 0.1) is 20.8 Å². The van der Waals surface area contributed by atoms with Crippen LogP contribution >= 0.6 is 0 Å². The maximum atomic E-state index is 13.3. The molecule has 1 amide bonds. The van der Waals surface area contributed by atoms with Crippen LogP contribution in [0.25, 0.3) is 11.0 Å². The average molecular weight is 365 g/mol. The Morgan fingerprint density at radius 3 is 2.48 bits per heavy atom. The normalized spacial score (nSPS) is 17.6. The third-order valence-electron chi connectivity index (χ3n) is 5.62. The molecule has 1 saturated carbocycles. The van der Waals surface area contributed by atoms with Crippen LogP contribution in [0.1, 0.15) is 58.2 Å². The van der Waals surface area contributed by atoms with E-state index >= 15 is 0 Å². The summed E-state index contributed by atoms with van der Waals surface area (Å²) in [7, 11) is 1.89. The lowest BCUT2D eigenvalue weighted by molar-refractivity contribution is 0.0498. The molecular formula is C19H23N7O. The zero-order chi connectivity index (χ0) is 18.9. The van der Waals surface area contributed by atoms with E-state index < -0.39 is 0 Å². The van der Waals surface area contributed by atoms with E-state index in [0.717, 1.165) is 52.5 Å². The molecule has 4 heterocycles. The minimum Gasteiger partial charge on any atom is -0.334 e. The van der Waals surface area contributed by atoms with Crippen molar-refractivity contribution in [2.45, 2.75) is 45.6 Å². The molecule has 5 rings (SSSR count). The van der Waals surface area contributed by atoms with Crippen LogP contribution in [-0.2, 0) is 7.05 Å². The summed E-state index contributed by atoms with van der Waals surface area (Å²) >= 11 is 0. The highest BCUT2D eigenvalue weighted by Gasteiger charge is 2.36. The van der Waals surface area contributed by atoms with Gasteiger partial charge < -0.3 is 4.90 Å². The van der Waals surface area contributed by atoms with Crippen molar-refractivity contribution in [2.24, 2.45) is 7.05 Å². The molecule has 2 fully saturated rings. The fraction of sp³-hybridized carbons (Fsp3) is 0.526. The smallest absolute Gasteiger partial charge is 0.254 e. The van der Waals surface area contributed by atoms with Crippen LogP contribution in [0.2, 0.25) is 0 Å². The van der Waals surface area contributed by atoms with Gasteiger partial charge in [0.2, 0.25) is 0 Å². The molecule has 1 saturated heterocycles. The number of aromatic nitrogens is 6. The van der Waals surface area contributed by atoms with E-state index in [-0.39, 0.29) is 11.9 Å². The lowest BCUT2D eigenvalue weighted by Crippen LogP contribution is -2.51. The number of nitrogens with zero attached hydrogens (tertiary/aromatic N) is 7. The van der Waals surface area contributed by atoms with Crippen LogP contribution in [0.4, 0.5) is 0 Å². The Kier molecular flexibility index (Phi) is 3.41. The van der Waals surface area contributed by atoms with Gasteiger partial charge in [0, 0.05) is 31.7 Å². The first-order valence-corrected chi connectivity index (χ1v) is 9.45. The summed E-state index contributed by atoms with van der Waals surface area (Å²) in [6, 6.07) is 2.19. The Labute approximate surface area is 157 Å². The highest BCUT2D eigenvalue weighted by molar-refractivity contribution is 6.06. The fourth-order valence-corrected chi connectivity index (χ4v) is 4.05. The Morgan fingerprint density at radius 1 is 1.11 bits per heavy atom. The van der Waals surface area contributed by atoms with E-state index in [1.165, 1.54) is 0 Å². The molecular weight excluding hydrogens is 342 g/mol. The maximum absolute atomic E-state index is 13.3. The quantitative estimate of drug-likeness (QED) is 0.710. The second-order valence-electron chi connectivity index (χ2n) is 7.79. The molecule has 3 aromatic heterocycles. The molecule has 3 aromatic rings. The molecule has 27 heavy (non-hydrogen) atoms. The SMILES string of the molecule is Cc1nc(C)n(C2CN(C(=O)c3cc(C4CC4)nc4c3c(C)nn4C)C2)n1. The van der Waals surface area contributed by atoms with E-state index in [4.69, 9.17) is 4.98 Å². The molecule has 0 aromatic carbocycles. The number of hydrogen-bond acceptors (Lipinski definition) is 5. The van der Waals surface area contributed by atoms with Gasteiger partial charge >= 0.3 is 0 Å². The Hall–Kier alpha value is -2.77. The fourth-order valence-electron chi connectivity index (χ4n) is 4.05. The number of likely N-dealkylation sites (tertiary alicyclic amines) is 1. The van der Waals surface area contributed by atoms with Crippen molar-refractivity contribution >= 4 is 16.9 Å². The first kappa shape index (κ1) is 16.4. The van der Waals surface area contributed by atoms with E-state index in [1.54, 1.807) is 4.68 Å². The first-order valence-electron chi connectivity index (χ1n) is 9.45. The van der Waals surface area contributed by atoms with Gasteiger partial charge in [0.1, 0.15) is 11.6 Å². The lowest BCUT2D eigenvalue weighted by atomic mass is 10.0. The molecule has 0 spiro atoms. The number of hydrogen-bond donors (Lipinski definition) is 0. The Morgan fingerprint density at radius 2 is 1.85 bits per heavy atom. The summed E-state index contributed by atoms with van der Waals surface area (Å²) in [6.07, 6.45) is 2.30. The van der Waals surface area contributed by atoms with Crippen molar-refractivity contribution < 1.29 is 4.79 Å². The zero-order valence-electron chi connectivity index (χ0n) is 16.1. The highest BCUT2D eigenvalue weighted by Crippen LogP contribution is 2.41. The number of rotatable bonds is 3.